The Labute approximate surface area is 167 Å². The first-order valence-electron chi connectivity index (χ1n) is 10.2. The lowest BCUT2D eigenvalue weighted by atomic mass is 10.1. The van der Waals surface area contributed by atoms with Gasteiger partial charge in [-0.05, 0) is 63.1 Å². The van der Waals surface area contributed by atoms with Gasteiger partial charge in [-0.1, -0.05) is 37.3 Å². The van der Waals surface area contributed by atoms with E-state index in [-0.39, 0.29) is 6.04 Å². The molecule has 3 heteroatoms. The molecule has 0 spiro atoms. The van der Waals surface area contributed by atoms with E-state index < -0.39 is 0 Å². The summed E-state index contributed by atoms with van der Waals surface area (Å²) in [6, 6.07) is 4.47. The molecule has 1 unspecified atom stereocenters. The van der Waals surface area contributed by atoms with E-state index in [9.17, 15) is 0 Å². The van der Waals surface area contributed by atoms with Crippen molar-refractivity contribution in [2.45, 2.75) is 38.6 Å². The number of aromatic nitrogens is 1. The van der Waals surface area contributed by atoms with Crippen LogP contribution in [-0.4, -0.2) is 29.0 Å². The van der Waals surface area contributed by atoms with E-state index in [0.717, 1.165) is 47.9 Å². The van der Waals surface area contributed by atoms with Crippen LogP contribution in [0.4, 0.5) is 0 Å². The van der Waals surface area contributed by atoms with Crippen LogP contribution in [0.1, 0.15) is 49.6 Å². The zero-order chi connectivity index (χ0) is 19.3. The molecule has 1 aliphatic heterocycles. The van der Waals surface area contributed by atoms with Crippen molar-refractivity contribution in [1.29, 1.82) is 0 Å². The van der Waals surface area contributed by atoms with Crippen LogP contribution in [0.25, 0.3) is 17.7 Å². The van der Waals surface area contributed by atoms with Gasteiger partial charge in [-0.15, -0.1) is 11.5 Å². The first-order valence-corrected chi connectivity index (χ1v) is 10.2. The molecule has 1 aromatic rings. The third kappa shape index (κ3) is 4.03. The zero-order valence-electron chi connectivity index (χ0n) is 16.5. The molecule has 1 saturated heterocycles. The van der Waals surface area contributed by atoms with Gasteiger partial charge in [0.1, 0.15) is 0 Å². The lowest BCUT2D eigenvalue weighted by molar-refractivity contribution is 0.191. The lowest BCUT2D eigenvalue weighted by Crippen LogP contribution is -2.41. The maximum absolute atomic E-state index is 4.89. The number of hydrogen-bond donors (Lipinski definition) is 1. The van der Waals surface area contributed by atoms with Crippen LogP contribution in [0.3, 0.4) is 0 Å². The van der Waals surface area contributed by atoms with Crippen molar-refractivity contribution in [3.63, 3.8) is 0 Å². The molecule has 1 aromatic heterocycles. The molecule has 0 saturated carbocycles. The molecule has 4 rings (SSSR count). The number of likely N-dealkylation sites (tertiary alicyclic amines) is 1. The van der Waals surface area contributed by atoms with E-state index >= 15 is 0 Å². The Bertz CT molecular complexity index is 958. The van der Waals surface area contributed by atoms with Crippen LogP contribution in [0.5, 0.6) is 0 Å². The molecule has 1 atom stereocenters. The normalized spacial score (nSPS) is 19.3. The molecule has 142 valence electrons. The minimum atomic E-state index is 0.270. The number of pyridine rings is 1. The summed E-state index contributed by atoms with van der Waals surface area (Å²) in [5, 5.41) is 3.53. The first kappa shape index (κ1) is 18.5. The molecule has 3 aliphatic rings. The predicted molar refractivity (Wildman–Crippen MR) is 117 cm³/mol. The average Bonchev–Trinajstić information content (AvgIpc) is 3.20. The molecular weight excluding hydrogens is 342 g/mol. The topological polar surface area (TPSA) is 28.2 Å². The van der Waals surface area contributed by atoms with Gasteiger partial charge < -0.3 is 5.32 Å². The van der Waals surface area contributed by atoms with Crippen molar-refractivity contribution >= 4 is 17.7 Å². The first-order chi connectivity index (χ1) is 13.7. The Hall–Kier alpha value is -2.83. The second-order valence-electron chi connectivity index (χ2n) is 7.51. The number of rotatable bonds is 5. The number of nitrogens with one attached hydrogen (secondary N) is 1. The summed E-state index contributed by atoms with van der Waals surface area (Å²) in [5.41, 5.74) is 12.6. The molecule has 1 fully saturated rings. The van der Waals surface area contributed by atoms with Crippen molar-refractivity contribution in [3.8, 4) is 0 Å². The molecular formula is C25H27N3. The number of hydrogen-bond acceptors (Lipinski definition) is 3. The van der Waals surface area contributed by atoms with Gasteiger partial charge in [-0.3, -0.25) is 4.90 Å². The molecule has 0 bridgehead atoms. The summed E-state index contributed by atoms with van der Waals surface area (Å²) >= 11 is 0. The van der Waals surface area contributed by atoms with Gasteiger partial charge in [0.25, 0.3) is 0 Å². The van der Waals surface area contributed by atoms with Gasteiger partial charge in [0.15, 0.2) is 0 Å². The van der Waals surface area contributed by atoms with E-state index in [1.165, 1.54) is 24.8 Å². The predicted octanol–water partition coefficient (Wildman–Crippen LogP) is 5.08. The van der Waals surface area contributed by atoms with Crippen LogP contribution in [-0.2, 0) is 0 Å². The van der Waals surface area contributed by atoms with Crippen molar-refractivity contribution < 1.29 is 0 Å². The van der Waals surface area contributed by atoms with Gasteiger partial charge in [0.2, 0.25) is 0 Å². The van der Waals surface area contributed by atoms with Crippen molar-refractivity contribution in [3.05, 3.63) is 82.8 Å². The maximum Gasteiger partial charge on any atom is 0.0748 e. The van der Waals surface area contributed by atoms with Gasteiger partial charge in [-0.2, -0.15) is 0 Å². The highest BCUT2D eigenvalue weighted by Gasteiger charge is 2.20. The van der Waals surface area contributed by atoms with Crippen LogP contribution in [0, 0.1) is 0 Å². The smallest absolute Gasteiger partial charge is 0.0748 e. The fourth-order valence-corrected chi connectivity index (χ4v) is 3.95. The number of fused-ring (bicyclic) bond motifs is 1. The van der Waals surface area contributed by atoms with Crippen LogP contribution < -0.4 is 5.32 Å². The minimum Gasteiger partial charge on any atom is -0.351 e. The summed E-state index contributed by atoms with van der Waals surface area (Å²) in [4.78, 5) is 7.39. The van der Waals surface area contributed by atoms with Gasteiger partial charge in [0, 0.05) is 17.3 Å². The second kappa shape index (κ2) is 8.46. The van der Waals surface area contributed by atoms with E-state index in [1.807, 2.05) is 12.2 Å². The third-order valence-electron chi connectivity index (χ3n) is 5.62. The van der Waals surface area contributed by atoms with Crippen LogP contribution >= 0.6 is 0 Å². The number of nitrogens with zero attached hydrogens (tertiary/aromatic N) is 2. The minimum absolute atomic E-state index is 0.270. The Kier molecular flexibility index (Phi) is 5.60. The van der Waals surface area contributed by atoms with Gasteiger partial charge >= 0.3 is 0 Å². The van der Waals surface area contributed by atoms with Crippen molar-refractivity contribution in [1.82, 2.24) is 15.2 Å². The molecule has 0 aromatic carbocycles. The average molecular weight is 370 g/mol. The molecule has 3 nitrogen and oxygen atoms in total. The number of piperidine rings is 1. The Morgan fingerprint density at radius 3 is 2.86 bits per heavy atom. The largest absolute Gasteiger partial charge is 0.351 e. The monoisotopic (exact) mass is 369 g/mol. The third-order valence-corrected chi connectivity index (χ3v) is 5.62. The molecule has 2 aliphatic carbocycles. The van der Waals surface area contributed by atoms with E-state index in [1.54, 1.807) is 0 Å². The van der Waals surface area contributed by atoms with Gasteiger partial charge in [-0.25, -0.2) is 4.98 Å². The van der Waals surface area contributed by atoms with Crippen molar-refractivity contribution in [2.24, 2.45) is 0 Å². The molecule has 28 heavy (non-hydrogen) atoms. The second-order valence-corrected chi connectivity index (χ2v) is 7.51. The molecule has 0 amide bonds. The maximum atomic E-state index is 4.89. The Morgan fingerprint density at radius 1 is 1.25 bits per heavy atom. The van der Waals surface area contributed by atoms with Crippen LogP contribution in [0.15, 0.2) is 65.9 Å². The summed E-state index contributed by atoms with van der Waals surface area (Å²) in [6.45, 7) is 8.43. The van der Waals surface area contributed by atoms with Crippen molar-refractivity contribution in [2.75, 3.05) is 13.1 Å². The SMILES string of the molecule is C=C=C(NC1=Cc2nc(C3=CCC=C3)ccc2C=C=C1)C(C)N1CCCCC1. The zero-order valence-corrected chi connectivity index (χ0v) is 16.5. The van der Waals surface area contributed by atoms with E-state index in [4.69, 9.17) is 4.98 Å². The molecule has 2 heterocycles. The summed E-state index contributed by atoms with van der Waals surface area (Å²) in [7, 11) is 0. The summed E-state index contributed by atoms with van der Waals surface area (Å²) in [6.07, 6.45) is 17.4. The summed E-state index contributed by atoms with van der Waals surface area (Å²) in [5.74, 6) is 0. The van der Waals surface area contributed by atoms with E-state index in [2.05, 4.69) is 71.6 Å². The fourth-order valence-electron chi connectivity index (χ4n) is 3.95. The summed E-state index contributed by atoms with van der Waals surface area (Å²) < 4.78 is 0. The Morgan fingerprint density at radius 2 is 2.11 bits per heavy atom. The fraction of sp³-hybridized carbons (Fsp3) is 0.320. The van der Waals surface area contributed by atoms with E-state index in [0.29, 0.717) is 0 Å². The Balaban J connectivity index is 1.58. The number of allylic oxidation sites excluding steroid dienone is 5. The molecule has 0 radical (unpaired) electrons. The molecule has 1 N–H and O–H groups in total. The highest BCUT2D eigenvalue weighted by Crippen LogP contribution is 2.24. The quantitative estimate of drug-likeness (QED) is 0.734. The van der Waals surface area contributed by atoms with Gasteiger partial charge in [0.05, 0.1) is 23.1 Å². The highest BCUT2D eigenvalue weighted by molar-refractivity contribution is 5.76. The van der Waals surface area contributed by atoms with Crippen LogP contribution in [0.2, 0.25) is 0 Å². The highest BCUT2D eigenvalue weighted by atomic mass is 15.2. The lowest BCUT2D eigenvalue weighted by Gasteiger charge is -2.33. The standard InChI is InChI=1S/C25H27N3/c1-3-23(19(2)28-16-7-4-8-17-28)26-22-13-9-12-21-14-15-24(27-25(21)18-22)20-10-5-6-11-20/h5,10-15,18-19,26H,1,4,6-8,16-17H2,2H3.